The van der Waals surface area contributed by atoms with E-state index in [0.29, 0.717) is 11.4 Å². The molecule has 1 aliphatic heterocycles. The Morgan fingerprint density at radius 2 is 1.60 bits per heavy atom. The lowest BCUT2D eigenvalue weighted by Gasteiger charge is -2.35. The summed E-state index contributed by atoms with van der Waals surface area (Å²) in [4.78, 5) is 2.79. The molecule has 142 valence electrons. The molecule has 0 aromatic heterocycles. The molecule has 2 rings (SSSR count). The normalized spacial score (nSPS) is 22.3. The van der Waals surface area contributed by atoms with Crippen molar-refractivity contribution in [1.82, 2.24) is 9.62 Å². The first-order valence-electron chi connectivity index (χ1n) is 9.06. The second-order valence-corrected chi connectivity index (χ2v) is 9.06. The SMILES string of the molecule is Cc1cc(C)c(C)c(S(=O)(=O)NCCCN2CC(C)OC(C)C2)c1C. The van der Waals surface area contributed by atoms with Crippen molar-refractivity contribution in [2.24, 2.45) is 0 Å². The summed E-state index contributed by atoms with van der Waals surface area (Å²) < 4.78 is 34.1. The van der Waals surface area contributed by atoms with Crippen LogP contribution in [0.15, 0.2) is 11.0 Å². The molecule has 1 fully saturated rings. The van der Waals surface area contributed by atoms with Gasteiger partial charge in [0.25, 0.3) is 0 Å². The van der Waals surface area contributed by atoms with Crippen molar-refractivity contribution >= 4 is 10.0 Å². The molecule has 0 amide bonds. The van der Waals surface area contributed by atoms with Gasteiger partial charge in [-0.3, -0.25) is 4.90 Å². The number of hydrogen-bond donors (Lipinski definition) is 1. The number of benzene rings is 1. The van der Waals surface area contributed by atoms with Crippen LogP contribution in [0.4, 0.5) is 0 Å². The summed E-state index contributed by atoms with van der Waals surface area (Å²) in [6, 6.07) is 2.05. The third kappa shape index (κ3) is 5.03. The van der Waals surface area contributed by atoms with Crippen LogP contribution in [-0.4, -0.2) is 51.7 Å². The minimum atomic E-state index is -3.48. The molecule has 1 aromatic carbocycles. The molecule has 1 aromatic rings. The van der Waals surface area contributed by atoms with Crippen LogP contribution in [0, 0.1) is 27.7 Å². The number of hydrogen-bond acceptors (Lipinski definition) is 4. The molecule has 1 saturated heterocycles. The average molecular weight is 369 g/mol. The Morgan fingerprint density at radius 1 is 1.08 bits per heavy atom. The molecule has 1 aliphatic rings. The quantitative estimate of drug-likeness (QED) is 0.785. The number of rotatable bonds is 6. The van der Waals surface area contributed by atoms with E-state index in [1.54, 1.807) is 0 Å². The molecular formula is C19H32N2O3S. The summed E-state index contributed by atoms with van der Waals surface area (Å²) in [5, 5.41) is 0. The largest absolute Gasteiger partial charge is 0.373 e. The van der Waals surface area contributed by atoms with Crippen molar-refractivity contribution in [1.29, 1.82) is 0 Å². The van der Waals surface area contributed by atoms with Gasteiger partial charge in [0, 0.05) is 19.6 Å². The van der Waals surface area contributed by atoms with E-state index >= 15 is 0 Å². The van der Waals surface area contributed by atoms with Gasteiger partial charge in [0.15, 0.2) is 0 Å². The number of aryl methyl sites for hydroxylation is 2. The zero-order valence-corrected chi connectivity index (χ0v) is 17.2. The van der Waals surface area contributed by atoms with Crippen molar-refractivity contribution in [3.63, 3.8) is 0 Å². The van der Waals surface area contributed by atoms with Crippen LogP contribution in [0.1, 0.15) is 42.5 Å². The van der Waals surface area contributed by atoms with Crippen molar-refractivity contribution < 1.29 is 13.2 Å². The minimum absolute atomic E-state index is 0.237. The predicted molar refractivity (Wildman–Crippen MR) is 102 cm³/mol. The molecule has 1 N–H and O–H groups in total. The molecular weight excluding hydrogens is 336 g/mol. The first-order chi connectivity index (χ1) is 11.6. The van der Waals surface area contributed by atoms with Gasteiger partial charge in [0.2, 0.25) is 10.0 Å². The first-order valence-corrected chi connectivity index (χ1v) is 10.5. The average Bonchev–Trinajstić information content (AvgIpc) is 2.49. The van der Waals surface area contributed by atoms with E-state index in [1.807, 2.05) is 33.8 Å². The van der Waals surface area contributed by atoms with E-state index < -0.39 is 10.0 Å². The van der Waals surface area contributed by atoms with Gasteiger partial charge in [-0.05, 0) is 76.8 Å². The topological polar surface area (TPSA) is 58.6 Å². The Labute approximate surface area is 152 Å². The van der Waals surface area contributed by atoms with E-state index in [2.05, 4.69) is 23.5 Å². The summed E-state index contributed by atoms with van der Waals surface area (Å²) in [6.45, 7) is 15.0. The van der Waals surface area contributed by atoms with Crippen molar-refractivity contribution in [2.45, 2.75) is 65.1 Å². The van der Waals surface area contributed by atoms with Crippen LogP contribution in [-0.2, 0) is 14.8 Å². The summed E-state index contributed by atoms with van der Waals surface area (Å²) in [6.07, 6.45) is 1.27. The highest BCUT2D eigenvalue weighted by atomic mass is 32.2. The Morgan fingerprint density at radius 3 is 2.12 bits per heavy atom. The smallest absolute Gasteiger partial charge is 0.241 e. The van der Waals surface area contributed by atoms with Crippen molar-refractivity contribution in [3.8, 4) is 0 Å². The van der Waals surface area contributed by atoms with Gasteiger partial charge in [-0.2, -0.15) is 0 Å². The van der Waals surface area contributed by atoms with Gasteiger partial charge in [-0.25, -0.2) is 13.1 Å². The van der Waals surface area contributed by atoms with Crippen molar-refractivity contribution in [3.05, 3.63) is 28.3 Å². The number of sulfonamides is 1. The van der Waals surface area contributed by atoms with Gasteiger partial charge >= 0.3 is 0 Å². The monoisotopic (exact) mass is 368 g/mol. The lowest BCUT2D eigenvalue weighted by atomic mass is 10.0. The van der Waals surface area contributed by atoms with Gasteiger partial charge in [-0.1, -0.05) is 6.07 Å². The first kappa shape index (κ1) is 20.4. The fourth-order valence-electron chi connectivity index (χ4n) is 3.63. The number of ether oxygens (including phenoxy) is 1. The van der Waals surface area contributed by atoms with E-state index in [4.69, 9.17) is 4.74 Å². The highest BCUT2D eigenvalue weighted by Gasteiger charge is 2.23. The zero-order valence-electron chi connectivity index (χ0n) is 16.3. The molecule has 6 heteroatoms. The third-order valence-corrected chi connectivity index (χ3v) is 6.74. The Kier molecular flexibility index (Phi) is 6.65. The van der Waals surface area contributed by atoms with E-state index in [-0.39, 0.29) is 12.2 Å². The van der Waals surface area contributed by atoms with Gasteiger partial charge < -0.3 is 4.74 Å². The second-order valence-electron chi connectivity index (χ2n) is 7.36. The molecule has 2 atom stereocenters. The number of nitrogens with one attached hydrogen (secondary N) is 1. The van der Waals surface area contributed by atoms with Gasteiger partial charge in [0.1, 0.15) is 0 Å². The Bertz CT molecular complexity index is 680. The molecule has 0 saturated carbocycles. The van der Waals surface area contributed by atoms with Crippen LogP contribution in [0.2, 0.25) is 0 Å². The summed E-state index contributed by atoms with van der Waals surface area (Å²) in [5.74, 6) is 0. The van der Waals surface area contributed by atoms with Crippen LogP contribution in [0.25, 0.3) is 0 Å². The van der Waals surface area contributed by atoms with E-state index in [1.165, 1.54) is 0 Å². The van der Waals surface area contributed by atoms with Crippen LogP contribution >= 0.6 is 0 Å². The van der Waals surface area contributed by atoms with E-state index in [0.717, 1.165) is 48.3 Å². The standard InChI is InChI=1S/C19H32N2O3S/c1-13-10-14(2)18(6)19(17(13)5)25(22,23)20-8-7-9-21-11-15(3)24-16(4)12-21/h10,15-16,20H,7-9,11-12H2,1-6H3. The fourth-order valence-corrected chi connectivity index (χ4v) is 5.32. The fraction of sp³-hybridized carbons (Fsp3) is 0.684. The number of nitrogens with zero attached hydrogens (tertiary/aromatic N) is 1. The Hall–Kier alpha value is -0.950. The highest BCUT2D eigenvalue weighted by molar-refractivity contribution is 7.89. The molecule has 5 nitrogen and oxygen atoms in total. The highest BCUT2D eigenvalue weighted by Crippen LogP contribution is 2.25. The van der Waals surface area contributed by atoms with Crippen LogP contribution in [0.5, 0.6) is 0 Å². The van der Waals surface area contributed by atoms with Crippen molar-refractivity contribution in [2.75, 3.05) is 26.2 Å². The lowest BCUT2D eigenvalue weighted by molar-refractivity contribution is -0.0679. The summed E-state index contributed by atoms with van der Waals surface area (Å²) in [5.41, 5.74) is 3.71. The molecule has 0 radical (unpaired) electrons. The molecule has 1 heterocycles. The minimum Gasteiger partial charge on any atom is -0.373 e. The summed E-state index contributed by atoms with van der Waals surface area (Å²) in [7, 11) is -3.48. The zero-order chi connectivity index (χ0) is 18.8. The maximum Gasteiger partial charge on any atom is 0.241 e. The molecule has 0 spiro atoms. The Balaban J connectivity index is 1.97. The predicted octanol–water partition coefficient (Wildman–Crippen LogP) is 2.70. The van der Waals surface area contributed by atoms with Gasteiger partial charge in [0.05, 0.1) is 17.1 Å². The lowest BCUT2D eigenvalue weighted by Crippen LogP contribution is -2.46. The maximum atomic E-state index is 12.8. The molecule has 25 heavy (non-hydrogen) atoms. The van der Waals surface area contributed by atoms with Gasteiger partial charge in [-0.15, -0.1) is 0 Å². The van der Waals surface area contributed by atoms with E-state index in [9.17, 15) is 8.42 Å². The van der Waals surface area contributed by atoms with Crippen LogP contribution < -0.4 is 4.72 Å². The van der Waals surface area contributed by atoms with Crippen LogP contribution in [0.3, 0.4) is 0 Å². The number of morpholine rings is 1. The summed E-state index contributed by atoms with van der Waals surface area (Å²) >= 11 is 0. The molecule has 0 aliphatic carbocycles. The molecule has 2 unspecified atom stereocenters. The third-order valence-electron chi connectivity index (χ3n) is 5.00. The maximum absolute atomic E-state index is 12.8. The molecule has 0 bridgehead atoms. The second kappa shape index (κ2) is 8.16.